The lowest BCUT2D eigenvalue weighted by Crippen LogP contribution is -2.58. The molecule has 4 nitrogen and oxygen atoms in total. The molecular formula is C12H20F2N2O2. The molecule has 104 valence electrons. The Hall–Kier alpha value is -0.910. The summed E-state index contributed by atoms with van der Waals surface area (Å²) in [4.78, 5) is 12.9. The standard InChI is InChI=1S/C12H20F2N2O2/c1-11(2,3)18-10(17)16-6-9-8(4-5-15-9)12(13,14)7-16/h8-9,15H,4-7H2,1-3H3/t8-,9-/m0/s1. The number of carbonyl (C=O) groups excluding carboxylic acids is 1. The lowest BCUT2D eigenvalue weighted by atomic mass is 9.89. The lowest BCUT2D eigenvalue weighted by Gasteiger charge is -2.40. The second kappa shape index (κ2) is 4.33. The van der Waals surface area contributed by atoms with Gasteiger partial charge in [-0.05, 0) is 33.7 Å². The molecule has 2 saturated heterocycles. The number of alkyl halides is 2. The van der Waals surface area contributed by atoms with Crippen LogP contribution in [0.1, 0.15) is 27.2 Å². The van der Waals surface area contributed by atoms with E-state index in [-0.39, 0.29) is 6.04 Å². The summed E-state index contributed by atoms with van der Waals surface area (Å²) < 4.78 is 33.0. The van der Waals surface area contributed by atoms with Crippen LogP contribution in [0.5, 0.6) is 0 Å². The molecule has 2 rings (SSSR count). The molecule has 0 aliphatic carbocycles. The number of halogens is 2. The molecular weight excluding hydrogens is 242 g/mol. The van der Waals surface area contributed by atoms with Crippen LogP contribution in [0.15, 0.2) is 0 Å². The van der Waals surface area contributed by atoms with Crippen LogP contribution in [0.2, 0.25) is 0 Å². The topological polar surface area (TPSA) is 41.6 Å². The third-order valence-corrected chi connectivity index (χ3v) is 3.36. The van der Waals surface area contributed by atoms with Gasteiger partial charge in [0.05, 0.1) is 6.54 Å². The minimum absolute atomic E-state index is 0.301. The summed E-state index contributed by atoms with van der Waals surface area (Å²) in [5.74, 6) is -3.49. The molecule has 0 spiro atoms. The fourth-order valence-electron chi connectivity index (χ4n) is 2.60. The van der Waals surface area contributed by atoms with E-state index in [1.165, 1.54) is 0 Å². The van der Waals surface area contributed by atoms with Crippen molar-refractivity contribution in [1.82, 2.24) is 10.2 Å². The largest absolute Gasteiger partial charge is 0.444 e. The summed E-state index contributed by atoms with van der Waals surface area (Å²) in [5.41, 5.74) is -0.660. The van der Waals surface area contributed by atoms with Crippen LogP contribution in [-0.2, 0) is 4.74 Å². The van der Waals surface area contributed by atoms with Gasteiger partial charge in [0.2, 0.25) is 0 Å². The molecule has 0 bridgehead atoms. The van der Waals surface area contributed by atoms with Crippen LogP contribution in [0.3, 0.4) is 0 Å². The second-order valence-electron chi connectivity index (χ2n) is 6.08. The normalized spacial score (nSPS) is 31.1. The first kappa shape index (κ1) is 13.5. The second-order valence-corrected chi connectivity index (χ2v) is 6.08. The maximum atomic E-state index is 13.9. The molecule has 2 heterocycles. The van der Waals surface area contributed by atoms with Crippen molar-refractivity contribution >= 4 is 6.09 Å². The number of likely N-dealkylation sites (tertiary alicyclic amines) is 1. The van der Waals surface area contributed by atoms with Crippen LogP contribution >= 0.6 is 0 Å². The van der Waals surface area contributed by atoms with Crippen molar-refractivity contribution in [1.29, 1.82) is 0 Å². The molecule has 1 amide bonds. The van der Waals surface area contributed by atoms with E-state index in [1.807, 2.05) is 0 Å². The molecule has 0 aromatic heterocycles. The fraction of sp³-hybridized carbons (Fsp3) is 0.917. The van der Waals surface area contributed by atoms with Gasteiger partial charge in [-0.15, -0.1) is 0 Å². The van der Waals surface area contributed by atoms with E-state index in [1.54, 1.807) is 20.8 Å². The van der Waals surface area contributed by atoms with Gasteiger partial charge < -0.3 is 15.0 Å². The fourth-order valence-corrected chi connectivity index (χ4v) is 2.60. The number of nitrogens with one attached hydrogen (secondary N) is 1. The number of hydrogen-bond acceptors (Lipinski definition) is 3. The molecule has 0 saturated carbocycles. The molecule has 1 N–H and O–H groups in total. The summed E-state index contributed by atoms with van der Waals surface area (Å²) in [7, 11) is 0. The van der Waals surface area contributed by atoms with Crippen molar-refractivity contribution in [3.8, 4) is 0 Å². The number of fused-ring (bicyclic) bond motifs is 1. The molecule has 2 aliphatic heterocycles. The quantitative estimate of drug-likeness (QED) is 0.724. The van der Waals surface area contributed by atoms with Crippen molar-refractivity contribution in [2.45, 2.75) is 44.8 Å². The van der Waals surface area contributed by atoms with E-state index in [4.69, 9.17) is 4.74 Å². The molecule has 2 aliphatic rings. The van der Waals surface area contributed by atoms with E-state index >= 15 is 0 Å². The summed E-state index contributed by atoms with van der Waals surface area (Å²) in [6.07, 6.45) is -0.186. The van der Waals surface area contributed by atoms with Gasteiger partial charge in [0, 0.05) is 18.5 Å². The molecule has 0 radical (unpaired) electrons. The Kier molecular flexibility index (Phi) is 3.25. The first-order valence-electron chi connectivity index (χ1n) is 6.28. The van der Waals surface area contributed by atoms with E-state index in [0.29, 0.717) is 19.5 Å². The van der Waals surface area contributed by atoms with Crippen LogP contribution in [0.4, 0.5) is 13.6 Å². The third kappa shape index (κ3) is 2.74. The lowest BCUT2D eigenvalue weighted by molar-refractivity contribution is -0.112. The van der Waals surface area contributed by atoms with Gasteiger partial charge in [-0.25, -0.2) is 13.6 Å². The molecule has 0 aromatic carbocycles. The Labute approximate surface area is 106 Å². The van der Waals surface area contributed by atoms with E-state index in [9.17, 15) is 13.6 Å². The zero-order chi connectivity index (χ0) is 13.6. The summed E-state index contributed by atoms with van der Waals surface area (Å²) in [6.45, 7) is 5.53. The molecule has 2 atom stereocenters. The van der Waals surface area contributed by atoms with Gasteiger partial charge >= 0.3 is 6.09 Å². The minimum Gasteiger partial charge on any atom is -0.444 e. The SMILES string of the molecule is CC(C)(C)OC(=O)N1C[C@@H]2NCC[C@@H]2C(F)(F)C1. The van der Waals surface area contributed by atoms with Crippen LogP contribution < -0.4 is 5.32 Å². The molecule has 18 heavy (non-hydrogen) atoms. The van der Waals surface area contributed by atoms with Gasteiger partial charge in [-0.2, -0.15) is 0 Å². The van der Waals surface area contributed by atoms with Crippen molar-refractivity contribution in [3.05, 3.63) is 0 Å². The zero-order valence-electron chi connectivity index (χ0n) is 11.0. The highest BCUT2D eigenvalue weighted by molar-refractivity contribution is 5.68. The van der Waals surface area contributed by atoms with Gasteiger partial charge in [-0.1, -0.05) is 0 Å². The molecule has 0 aromatic rings. The van der Waals surface area contributed by atoms with Crippen molar-refractivity contribution in [2.75, 3.05) is 19.6 Å². The highest BCUT2D eigenvalue weighted by atomic mass is 19.3. The summed E-state index contributed by atoms with van der Waals surface area (Å²) in [6, 6.07) is -0.318. The maximum absolute atomic E-state index is 13.9. The van der Waals surface area contributed by atoms with Crippen molar-refractivity contribution in [3.63, 3.8) is 0 Å². The van der Waals surface area contributed by atoms with Crippen LogP contribution in [-0.4, -0.2) is 48.2 Å². The van der Waals surface area contributed by atoms with Gasteiger partial charge in [0.15, 0.2) is 0 Å². The van der Waals surface area contributed by atoms with E-state index in [2.05, 4.69) is 5.32 Å². The number of nitrogens with zero attached hydrogens (tertiary/aromatic N) is 1. The number of hydrogen-bond donors (Lipinski definition) is 1. The van der Waals surface area contributed by atoms with E-state index in [0.717, 1.165) is 4.90 Å². The summed E-state index contributed by atoms with van der Waals surface area (Å²) >= 11 is 0. The maximum Gasteiger partial charge on any atom is 0.410 e. The van der Waals surface area contributed by atoms with Gasteiger partial charge in [-0.3, -0.25) is 0 Å². The zero-order valence-corrected chi connectivity index (χ0v) is 11.0. The third-order valence-electron chi connectivity index (χ3n) is 3.36. The molecule has 0 unspecified atom stereocenters. The number of piperidine rings is 1. The summed E-state index contributed by atoms with van der Waals surface area (Å²) in [5, 5.41) is 3.03. The smallest absolute Gasteiger partial charge is 0.410 e. The highest BCUT2D eigenvalue weighted by Gasteiger charge is 2.53. The number of carbonyl (C=O) groups is 1. The average Bonchev–Trinajstić information content (AvgIpc) is 2.62. The Morgan fingerprint density at radius 1 is 1.44 bits per heavy atom. The monoisotopic (exact) mass is 262 g/mol. The predicted molar refractivity (Wildman–Crippen MR) is 62.7 cm³/mol. The highest BCUT2D eigenvalue weighted by Crippen LogP contribution is 2.38. The first-order chi connectivity index (χ1) is 8.19. The first-order valence-corrected chi connectivity index (χ1v) is 6.28. The van der Waals surface area contributed by atoms with Crippen molar-refractivity contribution in [2.24, 2.45) is 5.92 Å². The van der Waals surface area contributed by atoms with Gasteiger partial charge in [0.1, 0.15) is 5.60 Å². The van der Waals surface area contributed by atoms with E-state index < -0.39 is 30.1 Å². The Morgan fingerprint density at radius 2 is 2.11 bits per heavy atom. The Bertz CT molecular complexity index is 341. The Morgan fingerprint density at radius 3 is 2.72 bits per heavy atom. The molecule has 6 heteroatoms. The van der Waals surface area contributed by atoms with Crippen LogP contribution in [0.25, 0.3) is 0 Å². The number of ether oxygens (including phenoxy) is 1. The molecule has 2 fully saturated rings. The minimum atomic E-state index is -2.83. The average molecular weight is 262 g/mol. The van der Waals surface area contributed by atoms with Crippen LogP contribution in [0, 0.1) is 5.92 Å². The predicted octanol–water partition coefficient (Wildman–Crippen LogP) is 1.85. The van der Waals surface area contributed by atoms with Crippen molar-refractivity contribution < 1.29 is 18.3 Å². The number of rotatable bonds is 0. The Balaban J connectivity index is 2.05. The number of amides is 1. The van der Waals surface area contributed by atoms with Gasteiger partial charge in [0.25, 0.3) is 5.92 Å².